The van der Waals surface area contributed by atoms with Gasteiger partial charge in [0, 0.05) is 32.8 Å². The van der Waals surface area contributed by atoms with Crippen molar-refractivity contribution in [2.24, 2.45) is 11.8 Å². The van der Waals surface area contributed by atoms with Gasteiger partial charge in [0.2, 0.25) is 0 Å². The van der Waals surface area contributed by atoms with Crippen LogP contribution in [0.2, 0.25) is 0 Å². The molecule has 2 atom stereocenters. The van der Waals surface area contributed by atoms with Gasteiger partial charge in [-0.05, 0) is 57.3 Å². The topological polar surface area (TPSA) is 21.7 Å². The van der Waals surface area contributed by atoms with Gasteiger partial charge in [-0.2, -0.15) is 0 Å². The summed E-state index contributed by atoms with van der Waals surface area (Å²) in [4.78, 5) is 2.67. The van der Waals surface area contributed by atoms with Crippen molar-refractivity contribution in [2.75, 3.05) is 32.8 Å². The molecular formula is C19H33NO2. The molecule has 2 saturated heterocycles. The van der Waals surface area contributed by atoms with Gasteiger partial charge in [0.1, 0.15) is 0 Å². The molecule has 0 unspecified atom stereocenters. The van der Waals surface area contributed by atoms with Gasteiger partial charge in [-0.3, -0.25) is 0 Å². The first-order chi connectivity index (χ1) is 10.7. The second-order valence-corrected chi connectivity index (χ2v) is 7.56. The van der Waals surface area contributed by atoms with Crippen LogP contribution in [0.1, 0.15) is 52.4 Å². The Labute approximate surface area is 136 Å². The van der Waals surface area contributed by atoms with Crippen molar-refractivity contribution >= 4 is 0 Å². The van der Waals surface area contributed by atoms with E-state index in [0.717, 1.165) is 37.9 Å². The van der Waals surface area contributed by atoms with Crippen LogP contribution in [0.4, 0.5) is 0 Å². The molecule has 3 rings (SSSR count). The molecule has 2 heterocycles. The fourth-order valence-electron chi connectivity index (χ4n) is 4.29. The average Bonchev–Trinajstić information content (AvgIpc) is 2.54. The Kier molecular flexibility index (Phi) is 5.95. The molecule has 0 radical (unpaired) electrons. The van der Waals surface area contributed by atoms with Crippen LogP contribution in [-0.2, 0) is 9.47 Å². The van der Waals surface area contributed by atoms with Gasteiger partial charge < -0.3 is 14.4 Å². The molecule has 0 aromatic carbocycles. The van der Waals surface area contributed by atoms with Crippen molar-refractivity contribution in [1.29, 1.82) is 0 Å². The maximum absolute atomic E-state index is 6.29. The number of piperidine rings is 1. The van der Waals surface area contributed by atoms with Gasteiger partial charge in [0.05, 0.1) is 12.2 Å². The van der Waals surface area contributed by atoms with Crippen LogP contribution in [-0.4, -0.2) is 50.0 Å². The third-order valence-electron chi connectivity index (χ3n) is 5.90. The summed E-state index contributed by atoms with van der Waals surface area (Å²) in [6, 6.07) is 0. The molecule has 2 fully saturated rings. The van der Waals surface area contributed by atoms with E-state index in [9.17, 15) is 0 Å². The van der Waals surface area contributed by atoms with Gasteiger partial charge >= 0.3 is 0 Å². The Balaban J connectivity index is 1.41. The molecule has 3 aliphatic rings. The minimum atomic E-state index is 0.453. The van der Waals surface area contributed by atoms with Crippen molar-refractivity contribution in [2.45, 2.75) is 64.6 Å². The molecule has 3 heteroatoms. The predicted octanol–water partition coefficient (Wildman–Crippen LogP) is 3.64. The Hall–Kier alpha value is -0.380. The molecule has 1 aliphatic carbocycles. The number of ether oxygens (including phenoxy) is 2. The minimum Gasteiger partial charge on any atom is -0.381 e. The van der Waals surface area contributed by atoms with E-state index in [1.165, 1.54) is 45.3 Å². The fourth-order valence-corrected chi connectivity index (χ4v) is 4.29. The highest BCUT2D eigenvalue weighted by atomic mass is 16.5. The van der Waals surface area contributed by atoms with Crippen molar-refractivity contribution in [3.63, 3.8) is 0 Å². The molecule has 2 aliphatic heterocycles. The molecule has 0 aromatic rings. The van der Waals surface area contributed by atoms with Crippen LogP contribution in [0.25, 0.3) is 0 Å². The highest BCUT2D eigenvalue weighted by Gasteiger charge is 2.28. The van der Waals surface area contributed by atoms with Gasteiger partial charge in [-0.25, -0.2) is 0 Å². The quantitative estimate of drug-likeness (QED) is 0.740. The average molecular weight is 307 g/mol. The zero-order valence-electron chi connectivity index (χ0n) is 14.4. The van der Waals surface area contributed by atoms with Crippen molar-refractivity contribution < 1.29 is 9.47 Å². The standard InChI is InChI=1S/C19H33NO2/c1-15-4-3-5-16(2)19(15)14-20-10-6-17(7-11-20)22-18-8-12-21-13-9-18/h4,16-19H,3,5-14H2,1-2H3/t16-,19-/m0/s1. The Morgan fingerprint density at radius 3 is 2.45 bits per heavy atom. The highest BCUT2D eigenvalue weighted by molar-refractivity contribution is 5.09. The maximum Gasteiger partial charge on any atom is 0.0622 e. The SMILES string of the molecule is CC1=CCC[C@H](C)[C@H]1CN1CCC(OC2CCOCC2)CC1. The van der Waals surface area contributed by atoms with E-state index in [1.54, 1.807) is 5.57 Å². The Bertz CT molecular complexity index is 368. The third-order valence-corrected chi connectivity index (χ3v) is 5.90. The second-order valence-electron chi connectivity index (χ2n) is 7.56. The number of likely N-dealkylation sites (tertiary alicyclic amines) is 1. The van der Waals surface area contributed by atoms with E-state index in [2.05, 4.69) is 24.8 Å². The van der Waals surface area contributed by atoms with Crippen molar-refractivity contribution in [3.05, 3.63) is 11.6 Å². The van der Waals surface area contributed by atoms with E-state index in [-0.39, 0.29) is 0 Å². The summed E-state index contributed by atoms with van der Waals surface area (Å²) in [5, 5.41) is 0. The first-order valence-electron chi connectivity index (χ1n) is 9.34. The molecule has 0 amide bonds. The summed E-state index contributed by atoms with van der Waals surface area (Å²) in [6.45, 7) is 10.2. The molecule has 0 bridgehead atoms. The summed E-state index contributed by atoms with van der Waals surface area (Å²) in [7, 11) is 0. The van der Waals surface area contributed by atoms with Crippen LogP contribution < -0.4 is 0 Å². The summed E-state index contributed by atoms with van der Waals surface area (Å²) in [5.41, 5.74) is 1.62. The molecule has 0 aromatic heterocycles. The smallest absolute Gasteiger partial charge is 0.0622 e. The van der Waals surface area contributed by atoms with E-state index in [0.29, 0.717) is 12.2 Å². The molecule has 0 saturated carbocycles. The molecular weight excluding hydrogens is 274 g/mol. The van der Waals surface area contributed by atoms with E-state index in [4.69, 9.17) is 9.47 Å². The molecule has 22 heavy (non-hydrogen) atoms. The zero-order chi connectivity index (χ0) is 15.4. The lowest BCUT2D eigenvalue weighted by Gasteiger charge is -2.38. The fraction of sp³-hybridized carbons (Fsp3) is 0.895. The molecule has 126 valence electrons. The van der Waals surface area contributed by atoms with Gasteiger partial charge in [-0.15, -0.1) is 0 Å². The largest absolute Gasteiger partial charge is 0.381 e. The highest BCUT2D eigenvalue weighted by Crippen LogP contribution is 2.31. The zero-order valence-corrected chi connectivity index (χ0v) is 14.4. The van der Waals surface area contributed by atoms with Crippen LogP contribution in [0, 0.1) is 11.8 Å². The normalized spacial score (nSPS) is 32.9. The molecule has 3 nitrogen and oxygen atoms in total. The lowest BCUT2D eigenvalue weighted by molar-refractivity contribution is -0.0854. The third kappa shape index (κ3) is 4.33. The van der Waals surface area contributed by atoms with Crippen LogP contribution in [0.5, 0.6) is 0 Å². The monoisotopic (exact) mass is 307 g/mol. The van der Waals surface area contributed by atoms with E-state index >= 15 is 0 Å². The number of hydrogen-bond acceptors (Lipinski definition) is 3. The van der Waals surface area contributed by atoms with E-state index < -0.39 is 0 Å². The lowest BCUT2D eigenvalue weighted by atomic mass is 9.79. The predicted molar refractivity (Wildman–Crippen MR) is 90.0 cm³/mol. The number of nitrogens with zero attached hydrogens (tertiary/aromatic N) is 1. The van der Waals surface area contributed by atoms with Gasteiger partial charge in [-0.1, -0.05) is 18.6 Å². The number of rotatable bonds is 4. The van der Waals surface area contributed by atoms with Crippen molar-refractivity contribution in [1.82, 2.24) is 4.90 Å². The minimum absolute atomic E-state index is 0.453. The van der Waals surface area contributed by atoms with Crippen LogP contribution >= 0.6 is 0 Å². The van der Waals surface area contributed by atoms with Crippen molar-refractivity contribution in [3.8, 4) is 0 Å². The second kappa shape index (κ2) is 7.94. The summed E-state index contributed by atoms with van der Waals surface area (Å²) in [6.07, 6.45) is 10.6. The molecule has 0 N–H and O–H groups in total. The number of allylic oxidation sites excluding steroid dienone is 1. The molecule has 0 spiro atoms. The van der Waals surface area contributed by atoms with Crippen LogP contribution in [0.3, 0.4) is 0 Å². The lowest BCUT2D eigenvalue weighted by Crippen LogP contribution is -2.42. The van der Waals surface area contributed by atoms with Gasteiger partial charge in [0.25, 0.3) is 0 Å². The number of hydrogen-bond donors (Lipinski definition) is 0. The summed E-state index contributed by atoms with van der Waals surface area (Å²) >= 11 is 0. The Morgan fingerprint density at radius 1 is 1.09 bits per heavy atom. The summed E-state index contributed by atoms with van der Waals surface area (Å²) in [5.74, 6) is 1.63. The van der Waals surface area contributed by atoms with Crippen LogP contribution in [0.15, 0.2) is 11.6 Å². The van der Waals surface area contributed by atoms with Gasteiger partial charge in [0.15, 0.2) is 0 Å². The first-order valence-corrected chi connectivity index (χ1v) is 9.34. The maximum atomic E-state index is 6.29. The Morgan fingerprint density at radius 2 is 1.77 bits per heavy atom. The first kappa shape index (κ1) is 16.5. The summed E-state index contributed by atoms with van der Waals surface area (Å²) < 4.78 is 11.7. The van der Waals surface area contributed by atoms with E-state index in [1.807, 2.05) is 0 Å².